The number of carbonyl (C=O) groups excluding carboxylic acids is 4. The fourth-order valence-corrected chi connectivity index (χ4v) is 2.80. The Kier molecular flexibility index (Phi) is 8.64. The van der Waals surface area contributed by atoms with Gasteiger partial charge in [0.1, 0.15) is 18.8 Å². The van der Waals surface area contributed by atoms with Gasteiger partial charge in [-0.3, -0.25) is 19.2 Å². The van der Waals surface area contributed by atoms with Gasteiger partial charge in [-0.15, -0.1) is 0 Å². The number of ether oxygens (including phenoxy) is 5. The van der Waals surface area contributed by atoms with E-state index in [2.05, 4.69) is 0 Å². The summed E-state index contributed by atoms with van der Waals surface area (Å²) in [5.74, 6) is -2.17. The van der Waals surface area contributed by atoms with Crippen LogP contribution in [-0.4, -0.2) is 79.6 Å². The number of rotatable bonds is 7. The molecular weight excluding hydrogens is 362 g/mol. The van der Waals surface area contributed by atoms with Gasteiger partial charge in [-0.2, -0.15) is 0 Å². The largest absolute Gasteiger partial charge is 0.463 e. The smallest absolute Gasteiger partial charge is 0.303 e. The molecule has 10 heteroatoms. The summed E-state index contributed by atoms with van der Waals surface area (Å²) in [6.07, 6.45) is -4.11. The Hall–Kier alpha value is -2.20. The molecule has 1 saturated heterocycles. The summed E-state index contributed by atoms with van der Waals surface area (Å²) in [5.41, 5.74) is 0. The normalized spacial score (nSPS) is 27.4. The van der Waals surface area contributed by atoms with Crippen LogP contribution in [-0.2, 0) is 42.9 Å². The Bertz CT molecular complexity index is 565. The Balaban J connectivity index is 3.33. The lowest BCUT2D eigenvalue weighted by atomic mass is 9.95. The highest BCUT2D eigenvalue weighted by atomic mass is 16.7. The van der Waals surface area contributed by atoms with Crippen LogP contribution in [0.4, 0.5) is 0 Å². The van der Waals surface area contributed by atoms with Crippen LogP contribution in [0.5, 0.6) is 0 Å². The van der Waals surface area contributed by atoms with Crippen LogP contribution in [0.3, 0.4) is 0 Å². The van der Waals surface area contributed by atoms with Crippen molar-refractivity contribution in [1.82, 2.24) is 4.90 Å². The van der Waals surface area contributed by atoms with Gasteiger partial charge in [-0.25, -0.2) is 0 Å². The highest BCUT2D eigenvalue weighted by Crippen LogP contribution is 2.30. The molecule has 0 aromatic heterocycles. The summed E-state index contributed by atoms with van der Waals surface area (Å²) in [5, 5.41) is 0. The molecular formula is C17H27NO9. The first-order chi connectivity index (χ1) is 12.6. The van der Waals surface area contributed by atoms with Crippen LogP contribution in [0.2, 0.25) is 0 Å². The number of likely N-dealkylation sites (N-methyl/N-ethyl adjacent to an activating group) is 1. The molecule has 0 N–H and O–H groups in total. The van der Waals surface area contributed by atoms with Crippen molar-refractivity contribution in [3.63, 3.8) is 0 Å². The van der Waals surface area contributed by atoms with Crippen molar-refractivity contribution in [3.8, 4) is 0 Å². The third kappa shape index (κ3) is 6.47. The molecule has 0 aromatic rings. The van der Waals surface area contributed by atoms with Crippen LogP contribution in [0.25, 0.3) is 0 Å². The average Bonchev–Trinajstić information content (AvgIpc) is 2.54. The van der Waals surface area contributed by atoms with E-state index in [-0.39, 0.29) is 19.1 Å². The van der Waals surface area contributed by atoms with E-state index in [0.717, 1.165) is 0 Å². The van der Waals surface area contributed by atoms with Crippen LogP contribution in [0.1, 0.15) is 34.6 Å². The predicted molar refractivity (Wildman–Crippen MR) is 90.3 cm³/mol. The maximum Gasteiger partial charge on any atom is 0.303 e. The lowest BCUT2D eigenvalue weighted by Gasteiger charge is -2.47. The van der Waals surface area contributed by atoms with Gasteiger partial charge >= 0.3 is 17.9 Å². The zero-order valence-corrected chi connectivity index (χ0v) is 16.4. The van der Waals surface area contributed by atoms with Gasteiger partial charge in [0.2, 0.25) is 5.91 Å². The van der Waals surface area contributed by atoms with Crippen LogP contribution < -0.4 is 0 Å². The van der Waals surface area contributed by atoms with Gasteiger partial charge in [0.15, 0.2) is 18.5 Å². The minimum atomic E-state index is -1.10. The number of hydrogen-bond donors (Lipinski definition) is 0. The number of esters is 3. The standard InChI is InChI=1S/C17H27NO9/c1-7-23-17-14(18(6)9(2)19)16(26-12(5)22)15(25-11(4)21)13(27-17)8-24-10(3)20/h13-17H,7-8H2,1-6H3. The van der Waals surface area contributed by atoms with E-state index in [1.54, 1.807) is 6.92 Å². The molecule has 154 valence electrons. The molecule has 0 aliphatic carbocycles. The third-order valence-electron chi connectivity index (χ3n) is 3.94. The fourth-order valence-electron chi connectivity index (χ4n) is 2.80. The van der Waals surface area contributed by atoms with Gasteiger partial charge in [-0.1, -0.05) is 0 Å². The summed E-state index contributed by atoms with van der Waals surface area (Å²) in [6.45, 7) is 6.67. The topological polar surface area (TPSA) is 118 Å². The first kappa shape index (κ1) is 22.8. The number of carbonyl (C=O) groups is 4. The number of hydrogen-bond acceptors (Lipinski definition) is 9. The van der Waals surface area contributed by atoms with Crippen molar-refractivity contribution in [2.24, 2.45) is 0 Å². The maximum atomic E-state index is 11.9. The van der Waals surface area contributed by atoms with E-state index in [4.69, 9.17) is 23.7 Å². The van der Waals surface area contributed by atoms with Crippen molar-refractivity contribution >= 4 is 23.8 Å². The minimum absolute atomic E-state index is 0.245. The molecule has 0 spiro atoms. The zero-order valence-electron chi connectivity index (χ0n) is 16.4. The highest BCUT2D eigenvalue weighted by Gasteiger charge is 2.52. The van der Waals surface area contributed by atoms with Crippen LogP contribution >= 0.6 is 0 Å². The molecule has 1 aliphatic heterocycles. The molecule has 0 aromatic carbocycles. The van der Waals surface area contributed by atoms with Gasteiger partial charge < -0.3 is 28.6 Å². The SMILES string of the molecule is CCOC1OC(COC(C)=O)C(OC(C)=O)C(OC(C)=O)C1N(C)C(C)=O. The van der Waals surface area contributed by atoms with Crippen molar-refractivity contribution in [1.29, 1.82) is 0 Å². The highest BCUT2D eigenvalue weighted by molar-refractivity contribution is 5.73. The molecule has 1 amide bonds. The van der Waals surface area contributed by atoms with Crippen molar-refractivity contribution < 1.29 is 42.9 Å². The van der Waals surface area contributed by atoms with E-state index < -0.39 is 48.6 Å². The molecule has 0 radical (unpaired) electrons. The minimum Gasteiger partial charge on any atom is -0.463 e. The molecule has 0 saturated carbocycles. The first-order valence-electron chi connectivity index (χ1n) is 8.56. The molecule has 1 heterocycles. The van der Waals surface area contributed by atoms with Gasteiger partial charge in [0.25, 0.3) is 0 Å². The summed E-state index contributed by atoms with van der Waals surface area (Å²) in [4.78, 5) is 47.7. The molecule has 5 unspecified atom stereocenters. The Morgan fingerprint density at radius 2 is 1.48 bits per heavy atom. The van der Waals surface area contributed by atoms with E-state index in [9.17, 15) is 19.2 Å². The van der Waals surface area contributed by atoms with Crippen molar-refractivity contribution in [2.75, 3.05) is 20.3 Å². The average molecular weight is 389 g/mol. The number of nitrogens with zero attached hydrogens (tertiary/aromatic N) is 1. The van der Waals surface area contributed by atoms with Crippen LogP contribution in [0.15, 0.2) is 0 Å². The molecule has 10 nitrogen and oxygen atoms in total. The zero-order chi connectivity index (χ0) is 20.7. The van der Waals surface area contributed by atoms with Gasteiger partial charge in [0, 0.05) is 41.3 Å². The van der Waals surface area contributed by atoms with Crippen LogP contribution in [0, 0.1) is 0 Å². The molecule has 1 fully saturated rings. The maximum absolute atomic E-state index is 11.9. The predicted octanol–water partition coefficient (Wildman–Crippen LogP) is 0.0212. The number of amides is 1. The fraction of sp³-hybridized carbons (Fsp3) is 0.765. The van der Waals surface area contributed by atoms with Gasteiger partial charge in [-0.05, 0) is 6.92 Å². The van der Waals surface area contributed by atoms with E-state index in [1.807, 2.05) is 0 Å². The lowest BCUT2D eigenvalue weighted by Crippen LogP contribution is -2.66. The Labute approximate surface area is 158 Å². The molecule has 1 rings (SSSR count). The van der Waals surface area contributed by atoms with E-state index in [0.29, 0.717) is 0 Å². The van der Waals surface area contributed by atoms with Gasteiger partial charge in [0.05, 0.1) is 0 Å². The summed E-state index contributed by atoms with van der Waals surface area (Å²) < 4.78 is 27.1. The second-order valence-electron chi connectivity index (χ2n) is 6.07. The molecule has 0 bridgehead atoms. The second-order valence-corrected chi connectivity index (χ2v) is 6.07. The Morgan fingerprint density at radius 1 is 0.926 bits per heavy atom. The third-order valence-corrected chi connectivity index (χ3v) is 3.94. The second kappa shape index (κ2) is 10.2. The first-order valence-corrected chi connectivity index (χ1v) is 8.56. The van der Waals surface area contributed by atoms with E-state index >= 15 is 0 Å². The molecule has 27 heavy (non-hydrogen) atoms. The molecule has 1 aliphatic rings. The Morgan fingerprint density at radius 3 is 1.93 bits per heavy atom. The summed E-state index contributed by atoms with van der Waals surface area (Å²) >= 11 is 0. The van der Waals surface area contributed by atoms with E-state index in [1.165, 1.54) is 39.6 Å². The van der Waals surface area contributed by atoms with Crippen molar-refractivity contribution in [2.45, 2.75) is 65.3 Å². The summed E-state index contributed by atoms with van der Waals surface area (Å²) in [7, 11) is 1.50. The monoisotopic (exact) mass is 389 g/mol. The summed E-state index contributed by atoms with van der Waals surface area (Å²) in [6, 6.07) is -0.871. The molecule has 5 atom stereocenters. The van der Waals surface area contributed by atoms with Crippen molar-refractivity contribution in [3.05, 3.63) is 0 Å². The quantitative estimate of drug-likeness (QED) is 0.438. The lowest BCUT2D eigenvalue weighted by molar-refractivity contribution is -0.288.